The third kappa shape index (κ3) is 4.85. The van der Waals surface area contributed by atoms with Gasteiger partial charge in [-0.1, -0.05) is 24.3 Å². The number of thiocarbonyl (C=S) groups is 1. The average molecular weight is 500 g/mol. The molecule has 2 aromatic heterocycles. The summed E-state index contributed by atoms with van der Waals surface area (Å²) in [5, 5.41) is 6.84. The van der Waals surface area contributed by atoms with Crippen LogP contribution in [-0.2, 0) is 4.79 Å². The highest BCUT2D eigenvalue weighted by atomic mass is 32.1. The fraction of sp³-hybridized carbons (Fsp3) is 0.179. The van der Waals surface area contributed by atoms with Gasteiger partial charge in [-0.05, 0) is 79.3 Å². The minimum Gasteiger partial charge on any atom is -0.352 e. The van der Waals surface area contributed by atoms with E-state index in [0.717, 1.165) is 22.6 Å². The van der Waals surface area contributed by atoms with Gasteiger partial charge in [0.2, 0.25) is 5.91 Å². The molecule has 0 aliphatic carbocycles. The van der Waals surface area contributed by atoms with E-state index in [1.807, 2.05) is 42.6 Å². The summed E-state index contributed by atoms with van der Waals surface area (Å²) < 4.78 is 15.4. The third-order valence-corrected chi connectivity index (χ3v) is 6.72. The van der Waals surface area contributed by atoms with Crippen molar-refractivity contribution in [2.24, 2.45) is 0 Å². The Labute approximate surface area is 214 Å². The summed E-state index contributed by atoms with van der Waals surface area (Å²) in [5.74, 6) is -0.514. The topological polar surface area (TPSA) is 62.2 Å². The lowest BCUT2D eigenvalue weighted by Crippen LogP contribution is -2.33. The number of nitrogens with zero attached hydrogens (tertiary/aromatic N) is 3. The van der Waals surface area contributed by atoms with Crippen LogP contribution >= 0.6 is 12.2 Å². The van der Waals surface area contributed by atoms with Crippen molar-refractivity contribution in [1.29, 1.82) is 0 Å². The van der Waals surface area contributed by atoms with Crippen LogP contribution in [0.2, 0.25) is 0 Å². The van der Waals surface area contributed by atoms with E-state index >= 15 is 0 Å². The number of amides is 1. The molecule has 8 heteroatoms. The lowest BCUT2D eigenvalue weighted by molar-refractivity contribution is -0.116. The smallest absolute Gasteiger partial charge is 0.226 e. The van der Waals surface area contributed by atoms with E-state index in [2.05, 4.69) is 50.2 Å². The highest BCUT2D eigenvalue weighted by molar-refractivity contribution is 7.80. The van der Waals surface area contributed by atoms with Gasteiger partial charge in [-0.3, -0.25) is 9.78 Å². The molecular weight excluding hydrogens is 473 g/mol. The second kappa shape index (κ2) is 10.3. The first-order valence-electron chi connectivity index (χ1n) is 11.8. The van der Waals surface area contributed by atoms with Gasteiger partial charge in [0, 0.05) is 42.4 Å². The molecule has 0 saturated carbocycles. The number of nitrogens with one attached hydrogen (secondary N) is 2. The fourth-order valence-corrected chi connectivity index (χ4v) is 4.97. The number of rotatable bonds is 7. The largest absolute Gasteiger partial charge is 0.352 e. The molecule has 2 unspecified atom stereocenters. The van der Waals surface area contributed by atoms with Crippen LogP contribution in [0.15, 0.2) is 91.3 Å². The molecule has 0 spiro atoms. The standard InChI is InChI=1S/C28H26FN5OS/c1-19-7-2-3-9-23(19)33-17-6-10-24(33)27-26(22-8-4-5-16-30-22)32-28(36)34(27)18-15-25(35)31-21-13-11-20(29)12-14-21/h2-14,16-17,26-27H,15,18H2,1H3,(H,31,35)(H,32,36). The Morgan fingerprint density at radius 3 is 2.58 bits per heavy atom. The Hall–Kier alpha value is -4.04. The molecule has 5 rings (SSSR count). The molecule has 2 aromatic carbocycles. The van der Waals surface area contributed by atoms with Crippen molar-refractivity contribution in [3.63, 3.8) is 0 Å². The maximum Gasteiger partial charge on any atom is 0.226 e. The highest BCUT2D eigenvalue weighted by Crippen LogP contribution is 2.39. The molecule has 0 radical (unpaired) electrons. The first kappa shape index (κ1) is 23.7. The minimum absolute atomic E-state index is 0.168. The molecule has 1 saturated heterocycles. The van der Waals surface area contributed by atoms with Gasteiger partial charge in [0.05, 0.1) is 17.8 Å². The van der Waals surface area contributed by atoms with E-state index in [4.69, 9.17) is 12.2 Å². The van der Waals surface area contributed by atoms with E-state index < -0.39 is 0 Å². The third-order valence-electron chi connectivity index (χ3n) is 6.36. The number of aromatic nitrogens is 2. The van der Waals surface area contributed by atoms with E-state index in [1.165, 1.54) is 12.1 Å². The van der Waals surface area contributed by atoms with Gasteiger partial charge in [0.15, 0.2) is 5.11 Å². The molecule has 182 valence electrons. The number of para-hydroxylation sites is 1. The zero-order chi connectivity index (χ0) is 25.1. The van der Waals surface area contributed by atoms with E-state index in [1.54, 1.807) is 18.3 Å². The highest BCUT2D eigenvalue weighted by Gasteiger charge is 2.41. The lowest BCUT2D eigenvalue weighted by atomic mass is 10.0. The number of anilines is 1. The average Bonchev–Trinajstić information content (AvgIpc) is 3.49. The Balaban J connectivity index is 1.44. The zero-order valence-corrected chi connectivity index (χ0v) is 20.6. The van der Waals surface area contributed by atoms with Gasteiger partial charge in [0.25, 0.3) is 0 Å². The van der Waals surface area contributed by atoms with Crippen LogP contribution in [0.25, 0.3) is 5.69 Å². The number of hydrogen-bond donors (Lipinski definition) is 2. The fourth-order valence-electron chi connectivity index (χ4n) is 4.63. The summed E-state index contributed by atoms with van der Waals surface area (Å²) in [4.78, 5) is 19.4. The van der Waals surface area contributed by atoms with Gasteiger partial charge in [-0.2, -0.15) is 0 Å². The maximum absolute atomic E-state index is 13.2. The van der Waals surface area contributed by atoms with Crippen molar-refractivity contribution in [1.82, 2.24) is 19.8 Å². The zero-order valence-electron chi connectivity index (χ0n) is 19.8. The molecule has 3 heterocycles. The molecular formula is C28H26FN5OS. The van der Waals surface area contributed by atoms with Gasteiger partial charge in [0.1, 0.15) is 5.82 Å². The Bertz CT molecular complexity index is 1370. The summed E-state index contributed by atoms with van der Waals surface area (Å²) in [6.07, 6.45) is 4.04. The lowest BCUT2D eigenvalue weighted by Gasteiger charge is -2.29. The number of hydrogen-bond acceptors (Lipinski definition) is 3. The summed E-state index contributed by atoms with van der Waals surface area (Å²) in [7, 11) is 0. The summed E-state index contributed by atoms with van der Waals surface area (Å²) >= 11 is 5.75. The maximum atomic E-state index is 13.2. The van der Waals surface area contributed by atoms with Crippen molar-refractivity contribution in [3.05, 3.63) is 114 Å². The number of carbonyl (C=O) groups excluding carboxylic acids is 1. The van der Waals surface area contributed by atoms with Crippen LogP contribution < -0.4 is 10.6 Å². The molecule has 1 aliphatic heterocycles. The van der Waals surface area contributed by atoms with Crippen molar-refractivity contribution >= 4 is 28.9 Å². The molecule has 1 fully saturated rings. The van der Waals surface area contributed by atoms with Crippen molar-refractivity contribution in [3.8, 4) is 5.69 Å². The van der Waals surface area contributed by atoms with Crippen LogP contribution in [0.5, 0.6) is 0 Å². The first-order chi connectivity index (χ1) is 17.5. The monoisotopic (exact) mass is 499 g/mol. The Morgan fingerprint density at radius 1 is 1.06 bits per heavy atom. The molecule has 1 amide bonds. The SMILES string of the molecule is Cc1ccccc1-n1cccc1C1C(c2ccccn2)NC(=S)N1CCC(=O)Nc1ccc(F)cc1. The molecule has 2 atom stereocenters. The number of carbonyl (C=O) groups is 1. The second-order valence-electron chi connectivity index (χ2n) is 8.71. The number of aryl methyl sites for hydroxylation is 1. The first-order valence-corrected chi connectivity index (χ1v) is 12.2. The molecule has 2 N–H and O–H groups in total. The van der Waals surface area contributed by atoms with Gasteiger partial charge in [-0.15, -0.1) is 0 Å². The van der Waals surface area contributed by atoms with Gasteiger partial charge >= 0.3 is 0 Å². The van der Waals surface area contributed by atoms with Crippen LogP contribution in [-0.4, -0.2) is 32.0 Å². The molecule has 0 bridgehead atoms. The second-order valence-corrected chi connectivity index (χ2v) is 9.10. The molecule has 4 aromatic rings. The molecule has 36 heavy (non-hydrogen) atoms. The number of benzene rings is 2. The van der Waals surface area contributed by atoms with Crippen molar-refractivity contribution in [2.75, 3.05) is 11.9 Å². The summed E-state index contributed by atoms with van der Waals surface area (Å²) in [6.45, 7) is 2.50. The Morgan fingerprint density at radius 2 is 1.83 bits per heavy atom. The van der Waals surface area contributed by atoms with Crippen LogP contribution in [0.3, 0.4) is 0 Å². The molecule has 1 aliphatic rings. The number of halogens is 1. The predicted octanol–water partition coefficient (Wildman–Crippen LogP) is 5.32. The minimum atomic E-state index is -0.346. The van der Waals surface area contributed by atoms with E-state index in [-0.39, 0.29) is 30.2 Å². The number of pyridine rings is 1. The van der Waals surface area contributed by atoms with Gasteiger partial charge in [-0.25, -0.2) is 4.39 Å². The predicted molar refractivity (Wildman–Crippen MR) is 142 cm³/mol. The van der Waals surface area contributed by atoms with Crippen molar-refractivity contribution in [2.45, 2.75) is 25.4 Å². The summed E-state index contributed by atoms with van der Waals surface area (Å²) in [6, 6.07) is 23.6. The quantitative estimate of drug-likeness (QED) is 0.337. The van der Waals surface area contributed by atoms with E-state index in [0.29, 0.717) is 17.3 Å². The van der Waals surface area contributed by atoms with Gasteiger partial charge < -0.3 is 20.1 Å². The summed E-state index contributed by atoms with van der Waals surface area (Å²) in [5.41, 5.74) is 4.72. The normalized spacial score (nSPS) is 17.2. The van der Waals surface area contributed by atoms with Crippen molar-refractivity contribution < 1.29 is 9.18 Å². The van der Waals surface area contributed by atoms with Crippen LogP contribution in [0, 0.1) is 12.7 Å². The Kier molecular flexibility index (Phi) is 6.77. The van der Waals surface area contributed by atoms with Crippen LogP contribution in [0.1, 0.15) is 35.5 Å². The molecule has 6 nitrogen and oxygen atoms in total. The van der Waals surface area contributed by atoms with Crippen LogP contribution in [0.4, 0.5) is 10.1 Å². The van der Waals surface area contributed by atoms with E-state index in [9.17, 15) is 9.18 Å².